The first-order chi connectivity index (χ1) is 13.6. The van der Waals surface area contributed by atoms with Gasteiger partial charge < -0.3 is 18.9 Å². The standard InChI is InChI=1S/C22H24O6/c1-5-27-14-18(22(24)28-6-2)21(23)17-10-8-7-9-16(17)15-11-12-19(25-3)20(13-15)26-4/h7-14H,5-6H2,1-4H3. The summed E-state index contributed by atoms with van der Waals surface area (Å²) in [6.45, 7) is 3.93. The fraction of sp³-hybridized carbons (Fsp3) is 0.273. The van der Waals surface area contributed by atoms with Gasteiger partial charge in [0.15, 0.2) is 11.5 Å². The molecule has 0 aromatic heterocycles. The molecule has 0 aliphatic rings. The zero-order valence-electron chi connectivity index (χ0n) is 16.5. The highest BCUT2D eigenvalue weighted by Crippen LogP contribution is 2.34. The first-order valence-electron chi connectivity index (χ1n) is 8.92. The van der Waals surface area contributed by atoms with E-state index in [9.17, 15) is 9.59 Å². The summed E-state index contributed by atoms with van der Waals surface area (Å²) in [5.74, 6) is -0.0726. The quantitative estimate of drug-likeness (QED) is 0.162. The third-order valence-corrected chi connectivity index (χ3v) is 3.97. The first-order valence-corrected chi connectivity index (χ1v) is 8.92. The number of carbonyl (C=O) groups is 2. The number of benzene rings is 2. The summed E-state index contributed by atoms with van der Waals surface area (Å²) in [6.07, 6.45) is 1.16. The Morgan fingerprint density at radius 2 is 1.64 bits per heavy atom. The molecule has 0 unspecified atom stereocenters. The minimum absolute atomic E-state index is 0.156. The summed E-state index contributed by atoms with van der Waals surface area (Å²) >= 11 is 0. The number of ketones is 1. The summed E-state index contributed by atoms with van der Waals surface area (Å²) in [7, 11) is 3.10. The molecule has 2 rings (SSSR count). The van der Waals surface area contributed by atoms with Crippen LogP contribution < -0.4 is 9.47 Å². The van der Waals surface area contributed by atoms with Gasteiger partial charge in [0.05, 0.1) is 27.4 Å². The van der Waals surface area contributed by atoms with Crippen molar-refractivity contribution >= 4 is 11.8 Å². The van der Waals surface area contributed by atoms with Gasteiger partial charge in [0.25, 0.3) is 0 Å². The number of hydrogen-bond donors (Lipinski definition) is 0. The summed E-state index contributed by atoms with van der Waals surface area (Å²) < 4.78 is 20.8. The van der Waals surface area contributed by atoms with Crippen LogP contribution >= 0.6 is 0 Å². The van der Waals surface area contributed by atoms with Gasteiger partial charge in [-0.05, 0) is 37.1 Å². The lowest BCUT2D eigenvalue weighted by Crippen LogP contribution is -2.17. The predicted octanol–water partition coefficient (Wildman–Crippen LogP) is 4.04. The first kappa shape index (κ1) is 21.0. The molecular formula is C22H24O6. The van der Waals surface area contributed by atoms with Crippen molar-refractivity contribution in [1.29, 1.82) is 0 Å². The van der Waals surface area contributed by atoms with Gasteiger partial charge in [0.1, 0.15) is 11.8 Å². The highest BCUT2D eigenvalue weighted by atomic mass is 16.5. The third kappa shape index (κ3) is 4.71. The smallest absolute Gasteiger partial charge is 0.345 e. The van der Waals surface area contributed by atoms with Gasteiger partial charge in [-0.3, -0.25) is 4.79 Å². The van der Waals surface area contributed by atoms with Crippen LogP contribution in [0, 0.1) is 0 Å². The van der Waals surface area contributed by atoms with Gasteiger partial charge in [0, 0.05) is 5.56 Å². The van der Waals surface area contributed by atoms with Crippen LogP contribution in [0.2, 0.25) is 0 Å². The highest BCUT2D eigenvalue weighted by Gasteiger charge is 2.24. The Balaban J connectivity index is 2.53. The average molecular weight is 384 g/mol. The molecule has 6 nitrogen and oxygen atoms in total. The number of ether oxygens (including phenoxy) is 4. The molecule has 0 aliphatic carbocycles. The van der Waals surface area contributed by atoms with Gasteiger partial charge >= 0.3 is 5.97 Å². The molecule has 0 radical (unpaired) electrons. The molecule has 28 heavy (non-hydrogen) atoms. The average Bonchev–Trinajstić information content (AvgIpc) is 2.73. The second kappa shape index (κ2) is 10.2. The SMILES string of the molecule is CCOC=C(C(=O)OCC)C(=O)c1ccccc1-c1ccc(OC)c(OC)c1. The Labute approximate surface area is 164 Å². The molecule has 0 bridgehead atoms. The van der Waals surface area contributed by atoms with Gasteiger partial charge in [-0.15, -0.1) is 0 Å². The van der Waals surface area contributed by atoms with Gasteiger partial charge in [-0.25, -0.2) is 4.79 Å². The van der Waals surface area contributed by atoms with Crippen molar-refractivity contribution in [2.24, 2.45) is 0 Å². The van der Waals surface area contributed by atoms with Crippen LogP contribution in [0.25, 0.3) is 11.1 Å². The van der Waals surface area contributed by atoms with E-state index in [4.69, 9.17) is 18.9 Å². The lowest BCUT2D eigenvalue weighted by Gasteiger charge is -2.13. The number of carbonyl (C=O) groups excluding carboxylic acids is 2. The van der Waals surface area contributed by atoms with E-state index in [1.54, 1.807) is 58.4 Å². The van der Waals surface area contributed by atoms with Crippen LogP contribution in [-0.4, -0.2) is 39.2 Å². The van der Waals surface area contributed by atoms with Crippen LogP contribution in [0.3, 0.4) is 0 Å². The second-order valence-corrected chi connectivity index (χ2v) is 5.65. The fourth-order valence-corrected chi connectivity index (χ4v) is 2.65. The topological polar surface area (TPSA) is 71.1 Å². The molecule has 148 valence electrons. The maximum Gasteiger partial charge on any atom is 0.345 e. The van der Waals surface area contributed by atoms with E-state index in [2.05, 4.69) is 0 Å². The number of hydrogen-bond acceptors (Lipinski definition) is 6. The Morgan fingerprint density at radius 3 is 2.29 bits per heavy atom. The van der Waals surface area contributed by atoms with Crippen LogP contribution in [0.1, 0.15) is 24.2 Å². The number of esters is 1. The van der Waals surface area contributed by atoms with Gasteiger partial charge in [0.2, 0.25) is 5.78 Å². The lowest BCUT2D eigenvalue weighted by molar-refractivity contribution is -0.138. The lowest BCUT2D eigenvalue weighted by atomic mass is 9.94. The molecular weight excluding hydrogens is 360 g/mol. The molecule has 2 aromatic carbocycles. The number of Topliss-reactive ketones (excluding diaryl/α,β-unsaturated/α-hetero) is 1. The molecule has 0 spiro atoms. The van der Waals surface area contributed by atoms with Crippen LogP contribution in [0.5, 0.6) is 11.5 Å². The molecule has 0 aliphatic heterocycles. The van der Waals surface area contributed by atoms with E-state index in [0.717, 1.165) is 11.8 Å². The molecule has 0 saturated heterocycles. The summed E-state index contributed by atoms with van der Waals surface area (Å²) in [6, 6.07) is 12.4. The van der Waals surface area contributed by atoms with Crippen LogP contribution in [0.15, 0.2) is 54.3 Å². The van der Waals surface area contributed by atoms with Gasteiger partial charge in [-0.2, -0.15) is 0 Å². The zero-order chi connectivity index (χ0) is 20.5. The molecule has 0 atom stereocenters. The Kier molecular flexibility index (Phi) is 7.63. The van der Waals surface area contributed by atoms with E-state index in [1.165, 1.54) is 0 Å². The predicted molar refractivity (Wildman–Crippen MR) is 106 cm³/mol. The second-order valence-electron chi connectivity index (χ2n) is 5.65. The largest absolute Gasteiger partial charge is 0.500 e. The minimum Gasteiger partial charge on any atom is -0.500 e. The third-order valence-electron chi connectivity index (χ3n) is 3.97. The van der Waals surface area contributed by atoms with Crippen LogP contribution in [0.4, 0.5) is 0 Å². The van der Waals surface area contributed by atoms with E-state index in [0.29, 0.717) is 29.2 Å². The van der Waals surface area contributed by atoms with Crippen molar-refractivity contribution < 1.29 is 28.5 Å². The molecule has 0 fully saturated rings. The number of methoxy groups -OCH3 is 2. The summed E-state index contributed by atoms with van der Waals surface area (Å²) in [5.41, 5.74) is 1.60. The maximum atomic E-state index is 13.1. The van der Waals surface area contributed by atoms with E-state index in [1.807, 2.05) is 12.1 Å². The van der Waals surface area contributed by atoms with Crippen LogP contribution in [-0.2, 0) is 14.3 Å². The van der Waals surface area contributed by atoms with E-state index in [-0.39, 0.29) is 12.2 Å². The molecule has 2 aromatic rings. The molecule has 0 amide bonds. The molecule has 0 saturated carbocycles. The Bertz CT molecular complexity index is 869. The van der Waals surface area contributed by atoms with Crippen molar-refractivity contribution in [3.05, 3.63) is 59.9 Å². The zero-order valence-corrected chi connectivity index (χ0v) is 16.5. The molecule has 0 N–H and O–H groups in total. The number of rotatable bonds is 9. The molecule has 0 heterocycles. The Morgan fingerprint density at radius 1 is 0.929 bits per heavy atom. The normalized spacial score (nSPS) is 10.9. The maximum absolute atomic E-state index is 13.1. The summed E-state index contributed by atoms with van der Waals surface area (Å²) in [5, 5.41) is 0. The monoisotopic (exact) mass is 384 g/mol. The highest BCUT2D eigenvalue weighted by molar-refractivity contribution is 6.25. The van der Waals surface area contributed by atoms with E-state index < -0.39 is 11.8 Å². The van der Waals surface area contributed by atoms with Gasteiger partial charge in [-0.1, -0.05) is 30.3 Å². The fourth-order valence-electron chi connectivity index (χ4n) is 2.65. The minimum atomic E-state index is -0.719. The van der Waals surface area contributed by atoms with Crippen molar-refractivity contribution in [2.45, 2.75) is 13.8 Å². The molecule has 6 heteroatoms. The van der Waals surface area contributed by atoms with Crippen molar-refractivity contribution in [2.75, 3.05) is 27.4 Å². The summed E-state index contributed by atoms with van der Waals surface area (Å²) in [4.78, 5) is 25.4. The van der Waals surface area contributed by atoms with Crippen molar-refractivity contribution in [1.82, 2.24) is 0 Å². The van der Waals surface area contributed by atoms with E-state index >= 15 is 0 Å². The van der Waals surface area contributed by atoms with Crippen molar-refractivity contribution in [3.8, 4) is 22.6 Å². The van der Waals surface area contributed by atoms with Crippen molar-refractivity contribution in [3.63, 3.8) is 0 Å². The Hall–Kier alpha value is -3.28.